The maximum atomic E-state index is 11.1. The topological polar surface area (TPSA) is 86.2 Å². The highest BCUT2D eigenvalue weighted by Crippen LogP contribution is 2.42. The van der Waals surface area contributed by atoms with Gasteiger partial charge in [0, 0.05) is 24.2 Å². The molecule has 0 amide bonds. The first-order valence-electron chi connectivity index (χ1n) is 10.8. The lowest BCUT2D eigenvalue weighted by molar-refractivity contribution is -0.0160. The van der Waals surface area contributed by atoms with E-state index in [4.69, 9.17) is 10.5 Å². The molecule has 2 aliphatic rings. The van der Waals surface area contributed by atoms with Crippen molar-refractivity contribution in [3.8, 4) is 11.4 Å². The lowest BCUT2D eigenvalue weighted by Gasteiger charge is -2.32. The number of aromatic nitrogens is 3. The second-order valence-corrected chi connectivity index (χ2v) is 8.50. The number of nitrogen functional groups attached to an aromatic ring is 1. The molecular weight excluding hydrogens is 376 g/mol. The summed E-state index contributed by atoms with van der Waals surface area (Å²) in [6.07, 6.45) is 10.2. The van der Waals surface area contributed by atoms with Crippen molar-refractivity contribution in [1.29, 1.82) is 0 Å². The molecule has 1 aliphatic carbocycles. The predicted octanol–water partition coefficient (Wildman–Crippen LogP) is 3.96. The largest absolute Gasteiger partial charge is 0.393 e. The van der Waals surface area contributed by atoms with Gasteiger partial charge in [0.1, 0.15) is 11.6 Å². The first-order chi connectivity index (χ1) is 14.7. The van der Waals surface area contributed by atoms with Gasteiger partial charge in [0.2, 0.25) is 0 Å². The van der Waals surface area contributed by atoms with Crippen LogP contribution in [0.15, 0.2) is 55.0 Å². The number of hydrogen-bond acceptors (Lipinski definition) is 5. The van der Waals surface area contributed by atoms with Crippen LogP contribution in [0.4, 0.5) is 5.82 Å². The lowest BCUT2D eigenvalue weighted by Crippen LogP contribution is -2.30. The Hall–Kier alpha value is -2.70. The van der Waals surface area contributed by atoms with Gasteiger partial charge in [-0.2, -0.15) is 0 Å². The number of aliphatic hydroxyl groups excluding tert-OH is 1. The van der Waals surface area contributed by atoms with Crippen molar-refractivity contribution >= 4 is 5.82 Å². The van der Waals surface area contributed by atoms with E-state index in [1.165, 1.54) is 11.1 Å². The molecule has 156 valence electrons. The first kappa shape index (κ1) is 19.3. The molecule has 2 atom stereocenters. The number of ether oxygens (including phenoxy) is 1. The molecule has 6 heteroatoms. The maximum absolute atomic E-state index is 11.1. The number of aliphatic hydroxyl groups is 1. The van der Waals surface area contributed by atoms with E-state index < -0.39 is 0 Å². The van der Waals surface area contributed by atoms with E-state index in [1.54, 1.807) is 6.20 Å². The molecule has 3 heterocycles. The number of pyridine rings is 1. The fourth-order valence-electron chi connectivity index (χ4n) is 5.01. The second kappa shape index (κ2) is 8.20. The third-order valence-corrected chi connectivity index (χ3v) is 6.62. The van der Waals surface area contributed by atoms with Crippen LogP contribution < -0.4 is 5.73 Å². The monoisotopic (exact) mass is 404 g/mol. The van der Waals surface area contributed by atoms with Crippen molar-refractivity contribution in [2.45, 2.75) is 57.0 Å². The lowest BCUT2D eigenvalue weighted by atomic mass is 9.81. The number of fused-ring (bicyclic) bond motifs is 3. The number of rotatable bonds is 6. The zero-order valence-electron chi connectivity index (χ0n) is 17.0. The predicted molar refractivity (Wildman–Crippen MR) is 116 cm³/mol. The summed E-state index contributed by atoms with van der Waals surface area (Å²) in [5.41, 5.74) is 9.25. The summed E-state index contributed by atoms with van der Waals surface area (Å²) in [4.78, 5) is 8.54. The molecule has 30 heavy (non-hydrogen) atoms. The molecule has 3 aromatic rings. The van der Waals surface area contributed by atoms with Crippen molar-refractivity contribution in [2.24, 2.45) is 5.92 Å². The standard InChI is InChI=1S/C24H28N4O2/c25-23-13-16(9-10-26-23)15-30-18-7-5-17(6-8-18)22(29)14-21-19-3-1-2-4-20(19)24-27-11-12-28(21)24/h1-4,9-13,17-18,21-22,29H,5-8,14-15H2,(H2,25,26)/t17-,18-,21?,22?. The van der Waals surface area contributed by atoms with E-state index >= 15 is 0 Å². The highest BCUT2D eigenvalue weighted by atomic mass is 16.5. The molecule has 6 nitrogen and oxygen atoms in total. The van der Waals surface area contributed by atoms with E-state index in [0.717, 1.165) is 43.5 Å². The number of benzene rings is 1. The summed E-state index contributed by atoms with van der Waals surface area (Å²) in [5.74, 6) is 1.86. The van der Waals surface area contributed by atoms with Crippen molar-refractivity contribution in [2.75, 3.05) is 5.73 Å². The Morgan fingerprint density at radius 3 is 2.77 bits per heavy atom. The smallest absolute Gasteiger partial charge is 0.140 e. The number of hydrogen-bond donors (Lipinski definition) is 2. The van der Waals surface area contributed by atoms with Crippen molar-refractivity contribution < 1.29 is 9.84 Å². The Balaban J connectivity index is 1.16. The second-order valence-electron chi connectivity index (χ2n) is 8.50. The van der Waals surface area contributed by atoms with Crippen LogP contribution in [0.2, 0.25) is 0 Å². The molecule has 3 N–H and O–H groups in total. The molecule has 2 unspecified atom stereocenters. The highest BCUT2D eigenvalue weighted by molar-refractivity contribution is 5.66. The molecule has 1 aliphatic heterocycles. The Kier molecular flexibility index (Phi) is 5.27. The Morgan fingerprint density at radius 1 is 1.10 bits per heavy atom. The van der Waals surface area contributed by atoms with Gasteiger partial charge in [0.25, 0.3) is 0 Å². The Labute approximate surface area is 176 Å². The van der Waals surface area contributed by atoms with E-state index in [0.29, 0.717) is 18.3 Å². The molecule has 0 spiro atoms. The minimum atomic E-state index is -0.322. The van der Waals surface area contributed by atoms with Gasteiger partial charge in [-0.3, -0.25) is 0 Å². The van der Waals surface area contributed by atoms with Gasteiger partial charge in [-0.1, -0.05) is 24.3 Å². The molecule has 1 saturated carbocycles. The quantitative estimate of drug-likeness (QED) is 0.649. The van der Waals surface area contributed by atoms with Crippen LogP contribution in [0.25, 0.3) is 11.4 Å². The van der Waals surface area contributed by atoms with Crippen LogP contribution in [0, 0.1) is 5.92 Å². The zero-order valence-corrected chi connectivity index (χ0v) is 17.0. The normalized spacial score (nSPS) is 23.7. The summed E-state index contributed by atoms with van der Waals surface area (Å²) in [5, 5.41) is 11.1. The van der Waals surface area contributed by atoms with Crippen molar-refractivity contribution in [1.82, 2.24) is 14.5 Å². The van der Waals surface area contributed by atoms with Crippen LogP contribution in [0.3, 0.4) is 0 Å². The van der Waals surface area contributed by atoms with E-state index in [-0.39, 0.29) is 18.2 Å². The maximum Gasteiger partial charge on any atom is 0.140 e. The molecular formula is C24H28N4O2. The number of nitrogens with two attached hydrogens (primary N) is 1. The van der Waals surface area contributed by atoms with E-state index in [9.17, 15) is 5.11 Å². The van der Waals surface area contributed by atoms with Crippen LogP contribution in [-0.2, 0) is 11.3 Å². The minimum Gasteiger partial charge on any atom is -0.393 e. The number of anilines is 1. The first-order valence-corrected chi connectivity index (χ1v) is 10.8. The summed E-state index contributed by atoms with van der Waals surface area (Å²) in [6.45, 7) is 0.562. The number of nitrogens with zero attached hydrogens (tertiary/aromatic N) is 3. The Morgan fingerprint density at radius 2 is 1.93 bits per heavy atom. The SMILES string of the molecule is Nc1cc(CO[C@H]2CC[C@H](C(O)CC3c4ccccc4-c4nccn43)CC2)ccn1. The molecule has 1 aromatic carbocycles. The van der Waals surface area contributed by atoms with Crippen molar-refractivity contribution in [3.63, 3.8) is 0 Å². The summed E-state index contributed by atoms with van der Waals surface area (Å²) in [7, 11) is 0. The van der Waals surface area contributed by atoms with Crippen LogP contribution in [0.5, 0.6) is 0 Å². The van der Waals surface area contributed by atoms with Crippen LogP contribution >= 0.6 is 0 Å². The molecule has 0 bridgehead atoms. The highest BCUT2D eigenvalue weighted by Gasteiger charge is 2.34. The fraction of sp³-hybridized carbons (Fsp3) is 0.417. The third-order valence-electron chi connectivity index (χ3n) is 6.62. The van der Waals surface area contributed by atoms with E-state index in [2.05, 4.69) is 38.8 Å². The van der Waals surface area contributed by atoms with E-state index in [1.807, 2.05) is 24.5 Å². The minimum absolute atomic E-state index is 0.167. The van der Waals surface area contributed by atoms with Gasteiger partial charge in [-0.25, -0.2) is 9.97 Å². The average molecular weight is 405 g/mol. The molecule has 2 aromatic heterocycles. The number of imidazole rings is 1. The van der Waals surface area contributed by atoms with Crippen molar-refractivity contribution in [3.05, 3.63) is 66.1 Å². The van der Waals surface area contributed by atoms with Gasteiger partial charge in [0.15, 0.2) is 0 Å². The van der Waals surface area contributed by atoms with Gasteiger partial charge in [-0.05, 0) is 61.3 Å². The van der Waals surface area contributed by atoms with Gasteiger partial charge in [-0.15, -0.1) is 0 Å². The average Bonchev–Trinajstić information content (AvgIpc) is 3.35. The summed E-state index contributed by atoms with van der Waals surface area (Å²) < 4.78 is 8.30. The molecule has 5 rings (SSSR count). The molecule has 0 saturated heterocycles. The summed E-state index contributed by atoms with van der Waals surface area (Å²) in [6, 6.07) is 12.4. The summed E-state index contributed by atoms with van der Waals surface area (Å²) >= 11 is 0. The molecule has 0 radical (unpaired) electrons. The molecule has 1 fully saturated rings. The van der Waals surface area contributed by atoms with Gasteiger partial charge >= 0.3 is 0 Å². The van der Waals surface area contributed by atoms with Crippen LogP contribution in [-0.4, -0.2) is 31.8 Å². The third kappa shape index (κ3) is 3.73. The fourth-order valence-corrected chi connectivity index (χ4v) is 5.01. The Bertz CT molecular complexity index is 1010. The zero-order chi connectivity index (χ0) is 20.5. The van der Waals surface area contributed by atoms with Gasteiger partial charge in [0.05, 0.1) is 24.9 Å². The van der Waals surface area contributed by atoms with Gasteiger partial charge < -0.3 is 20.1 Å². The van der Waals surface area contributed by atoms with Crippen LogP contribution in [0.1, 0.15) is 49.3 Å².